The molecule has 6 nitrogen and oxygen atoms in total. The molecule has 0 amide bonds. The van der Waals surface area contributed by atoms with Crippen LogP contribution in [0.4, 0.5) is 16.5 Å². The lowest BCUT2D eigenvalue weighted by Crippen LogP contribution is -1.96. The first kappa shape index (κ1) is 15.0. The minimum absolute atomic E-state index is 0.0191. The molecule has 0 aliphatic carbocycles. The number of rotatable bonds is 5. The molecule has 0 radical (unpaired) electrons. The molecule has 1 N–H and O–H groups in total. The third-order valence-corrected chi connectivity index (χ3v) is 3.97. The number of hydrogen-bond donors (Lipinski definition) is 1. The molecule has 116 valence electrons. The highest BCUT2D eigenvalue weighted by molar-refractivity contribution is 7.14. The maximum Gasteiger partial charge on any atom is 0.292 e. The van der Waals surface area contributed by atoms with Gasteiger partial charge in [-0.2, -0.15) is 0 Å². The topological polar surface area (TPSA) is 77.3 Å². The molecule has 0 aliphatic heterocycles. The Morgan fingerprint density at radius 2 is 2.04 bits per heavy atom. The monoisotopic (exact) mass is 327 g/mol. The average molecular weight is 327 g/mol. The van der Waals surface area contributed by atoms with Gasteiger partial charge in [0, 0.05) is 17.0 Å². The van der Waals surface area contributed by atoms with Crippen molar-refractivity contribution in [3.63, 3.8) is 0 Å². The number of hydrogen-bond acceptors (Lipinski definition) is 6. The van der Waals surface area contributed by atoms with Crippen LogP contribution in [0, 0.1) is 10.1 Å². The number of nitro benzene ring substituents is 1. The third kappa shape index (κ3) is 3.29. The number of ether oxygens (including phenoxy) is 1. The van der Waals surface area contributed by atoms with Gasteiger partial charge in [-0.25, -0.2) is 4.98 Å². The molecule has 0 aliphatic rings. The van der Waals surface area contributed by atoms with Crippen LogP contribution in [-0.4, -0.2) is 17.0 Å². The number of nitrogens with zero attached hydrogens (tertiary/aromatic N) is 2. The number of para-hydroxylation sites is 2. The average Bonchev–Trinajstić information content (AvgIpc) is 3.04. The second-order valence-electron chi connectivity index (χ2n) is 4.67. The number of nitrogens with one attached hydrogen (secondary N) is 1. The maximum atomic E-state index is 11.0. The molecular weight excluding hydrogens is 314 g/mol. The molecule has 1 aromatic heterocycles. The van der Waals surface area contributed by atoms with Gasteiger partial charge in [-0.3, -0.25) is 10.1 Å². The summed E-state index contributed by atoms with van der Waals surface area (Å²) in [5.41, 5.74) is 2.15. The summed E-state index contributed by atoms with van der Waals surface area (Å²) in [5.74, 6) is 0.753. The van der Waals surface area contributed by atoms with Crippen molar-refractivity contribution in [1.29, 1.82) is 0 Å². The van der Waals surface area contributed by atoms with E-state index in [9.17, 15) is 10.1 Å². The number of benzene rings is 2. The van der Waals surface area contributed by atoms with E-state index in [1.54, 1.807) is 25.3 Å². The summed E-state index contributed by atoms with van der Waals surface area (Å²) in [6.07, 6.45) is 0. The smallest absolute Gasteiger partial charge is 0.292 e. The van der Waals surface area contributed by atoms with Crippen molar-refractivity contribution in [3.8, 4) is 17.0 Å². The summed E-state index contributed by atoms with van der Waals surface area (Å²) in [4.78, 5) is 15.1. The predicted octanol–water partition coefficient (Wildman–Crippen LogP) is 4.47. The van der Waals surface area contributed by atoms with Gasteiger partial charge in [0.2, 0.25) is 0 Å². The van der Waals surface area contributed by atoms with E-state index in [4.69, 9.17) is 4.74 Å². The first-order valence-electron chi connectivity index (χ1n) is 6.78. The molecule has 7 heteroatoms. The fraction of sp³-hybridized carbons (Fsp3) is 0.0625. The summed E-state index contributed by atoms with van der Waals surface area (Å²) < 4.78 is 5.21. The van der Waals surface area contributed by atoms with Gasteiger partial charge in [0.15, 0.2) is 5.13 Å². The molecule has 0 spiro atoms. The molecule has 0 saturated carbocycles. The lowest BCUT2D eigenvalue weighted by molar-refractivity contribution is -0.383. The Morgan fingerprint density at radius 3 is 2.83 bits per heavy atom. The maximum absolute atomic E-state index is 11.0. The first-order valence-corrected chi connectivity index (χ1v) is 7.66. The van der Waals surface area contributed by atoms with Crippen LogP contribution in [0.15, 0.2) is 53.9 Å². The molecule has 0 fully saturated rings. The van der Waals surface area contributed by atoms with Crippen LogP contribution in [0.1, 0.15) is 0 Å². The summed E-state index contributed by atoms with van der Waals surface area (Å²) in [6, 6.07) is 14.1. The van der Waals surface area contributed by atoms with E-state index in [2.05, 4.69) is 10.3 Å². The highest BCUT2D eigenvalue weighted by atomic mass is 32.1. The largest absolute Gasteiger partial charge is 0.497 e. The zero-order valence-electron chi connectivity index (χ0n) is 12.2. The highest BCUT2D eigenvalue weighted by Crippen LogP contribution is 2.31. The van der Waals surface area contributed by atoms with Crippen molar-refractivity contribution in [2.24, 2.45) is 0 Å². The van der Waals surface area contributed by atoms with Gasteiger partial charge < -0.3 is 10.1 Å². The van der Waals surface area contributed by atoms with Gasteiger partial charge in [0.1, 0.15) is 11.4 Å². The Morgan fingerprint density at radius 1 is 1.22 bits per heavy atom. The third-order valence-electron chi connectivity index (χ3n) is 3.21. The number of methoxy groups -OCH3 is 1. The minimum atomic E-state index is -0.418. The Balaban J connectivity index is 1.87. The van der Waals surface area contributed by atoms with Crippen molar-refractivity contribution in [2.75, 3.05) is 12.4 Å². The second-order valence-corrected chi connectivity index (χ2v) is 5.53. The van der Waals surface area contributed by atoms with Crippen LogP contribution in [0.25, 0.3) is 11.3 Å². The van der Waals surface area contributed by atoms with Crippen LogP contribution in [-0.2, 0) is 0 Å². The van der Waals surface area contributed by atoms with Crippen LogP contribution in [0.3, 0.4) is 0 Å². The molecule has 2 aromatic carbocycles. The first-order chi connectivity index (χ1) is 11.2. The van der Waals surface area contributed by atoms with Gasteiger partial charge in [-0.05, 0) is 18.2 Å². The Hall–Kier alpha value is -2.93. The van der Waals surface area contributed by atoms with Gasteiger partial charge in [0.05, 0.1) is 17.7 Å². The molecule has 0 atom stereocenters. The molecule has 23 heavy (non-hydrogen) atoms. The molecule has 3 aromatic rings. The van der Waals surface area contributed by atoms with E-state index in [1.165, 1.54) is 17.4 Å². The standard InChI is InChI=1S/C16H13N3O3S/c1-22-12-6-4-5-11(9-12)14-10-23-16(18-14)17-13-7-2-3-8-15(13)19(20)21/h2-10H,1H3,(H,17,18). The van der Waals surface area contributed by atoms with Crippen LogP contribution >= 0.6 is 11.3 Å². The van der Waals surface area contributed by atoms with Crippen molar-refractivity contribution in [2.45, 2.75) is 0 Å². The highest BCUT2D eigenvalue weighted by Gasteiger charge is 2.14. The lowest BCUT2D eigenvalue weighted by Gasteiger charge is -2.03. The second kappa shape index (κ2) is 6.45. The quantitative estimate of drug-likeness (QED) is 0.552. The van der Waals surface area contributed by atoms with Gasteiger partial charge in [-0.1, -0.05) is 24.3 Å². The molecule has 0 saturated heterocycles. The van der Waals surface area contributed by atoms with E-state index in [0.717, 1.165) is 17.0 Å². The molecular formula is C16H13N3O3S. The van der Waals surface area contributed by atoms with Gasteiger partial charge >= 0.3 is 0 Å². The molecule has 0 unspecified atom stereocenters. The van der Waals surface area contributed by atoms with Crippen LogP contribution in [0.5, 0.6) is 5.75 Å². The van der Waals surface area contributed by atoms with Gasteiger partial charge in [-0.15, -0.1) is 11.3 Å². The van der Waals surface area contributed by atoms with E-state index >= 15 is 0 Å². The molecule has 0 bridgehead atoms. The van der Waals surface area contributed by atoms with E-state index in [-0.39, 0.29) is 5.69 Å². The zero-order valence-corrected chi connectivity index (χ0v) is 13.0. The van der Waals surface area contributed by atoms with Gasteiger partial charge in [0.25, 0.3) is 5.69 Å². The fourth-order valence-corrected chi connectivity index (χ4v) is 2.83. The van der Waals surface area contributed by atoms with Crippen molar-refractivity contribution < 1.29 is 9.66 Å². The van der Waals surface area contributed by atoms with Crippen LogP contribution in [0.2, 0.25) is 0 Å². The summed E-state index contributed by atoms with van der Waals surface area (Å²) in [5, 5.41) is 16.5. The van der Waals surface area contributed by atoms with E-state index in [1.807, 2.05) is 29.6 Å². The SMILES string of the molecule is COc1cccc(-c2csc(Nc3ccccc3[N+](=O)[O-])n2)c1. The van der Waals surface area contributed by atoms with Crippen molar-refractivity contribution >= 4 is 27.8 Å². The summed E-state index contributed by atoms with van der Waals surface area (Å²) >= 11 is 1.39. The minimum Gasteiger partial charge on any atom is -0.497 e. The predicted molar refractivity (Wildman–Crippen MR) is 90.5 cm³/mol. The van der Waals surface area contributed by atoms with Crippen LogP contribution < -0.4 is 10.1 Å². The Bertz CT molecular complexity index is 848. The van der Waals surface area contributed by atoms with E-state index < -0.39 is 4.92 Å². The summed E-state index contributed by atoms with van der Waals surface area (Å²) in [7, 11) is 1.61. The van der Waals surface area contributed by atoms with E-state index in [0.29, 0.717) is 10.8 Å². The molecule has 1 heterocycles. The zero-order chi connectivity index (χ0) is 16.2. The number of nitro groups is 1. The van der Waals surface area contributed by atoms with Crippen molar-refractivity contribution in [3.05, 3.63) is 64.0 Å². The number of aromatic nitrogens is 1. The lowest BCUT2D eigenvalue weighted by atomic mass is 10.2. The summed E-state index contributed by atoms with van der Waals surface area (Å²) in [6.45, 7) is 0. The molecule has 3 rings (SSSR count). The van der Waals surface area contributed by atoms with Crippen molar-refractivity contribution in [1.82, 2.24) is 4.98 Å². The number of anilines is 2. The Kier molecular flexibility index (Phi) is 4.20. The fourth-order valence-electron chi connectivity index (χ4n) is 2.10. The Labute approximate surface area is 136 Å². The number of thiazole rings is 1. The normalized spacial score (nSPS) is 10.3.